The average molecular weight is 387 g/mol. The summed E-state index contributed by atoms with van der Waals surface area (Å²) >= 11 is 0. The number of H-pyrrole nitrogens is 1. The number of hydrogen-bond donors (Lipinski definition) is 2. The number of amides is 2. The van der Waals surface area contributed by atoms with Crippen LogP contribution in [0.2, 0.25) is 0 Å². The van der Waals surface area contributed by atoms with E-state index in [4.69, 9.17) is 4.52 Å². The van der Waals surface area contributed by atoms with Crippen LogP contribution in [0.1, 0.15) is 61.9 Å². The number of halogens is 3. The fraction of sp³-hybridized carbons (Fsp3) is 0.667. The van der Waals surface area contributed by atoms with Crippen molar-refractivity contribution in [1.29, 1.82) is 0 Å². The van der Waals surface area contributed by atoms with Gasteiger partial charge in [0.2, 0.25) is 5.89 Å². The molecule has 2 aromatic heterocycles. The minimum atomic E-state index is -4.62. The van der Waals surface area contributed by atoms with Crippen LogP contribution in [0.3, 0.4) is 0 Å². The zero-order valence-corrected chi connectivity index (χ0v) is 14.9. The molecular formula is C15H20F3N7O2. The third kappa shape index (κ3) is 4.55. The molecule has 0 saturated carbocycles. The van der Waals surface area contributed by atoms with E-state index in [-0.39, 0.29) is 30.2 Å². The van der Waals surface area contributed by atoms with Crippen LogP contribution in [0.15, 0.2) is 4.52 Å². The highest BCUT2D eigenvalue weighted by Crippen LogP contribution is 2.27. The van der Waals surface area contributed by atoms with Crippen molar-refractivity contribution in [1.82, 2.24) is 35.5 Å². The number of nitrogens with one attached hydrogen (secondary N) is 2. The molecule has 1 saturated heterocycles. The van der Waals surface area contributed by atoms with Gasteiger partial charge in [-0.1, -0.05) is 19.0 Å². The Morgan fingerprint density at radius 1 is 1.33 bits per heavy atom. The smallest absolute Gasteiger partial charge is 0.339 e. The summed E-state index contributed by atoms with van der Waals surface area (Å²) in [6.07, 6.45) is -3.25. The van der Waals surface area contributed by atoms with Gasteiger partial charge in [-0.15, -0.1) is 5.10 Å². The van der Waals surface area contributed by atoms with E-state index in [0.29, 0.717) is 37.6 Å². The van der Waals surface area contributed by atoms with Crippen molar-refractivity contribution in [2.75, 3.05) is 13.1 Å². The number of aromatic nitrogens is 5. The molecule has 1 aliphatic heterocycles. The summed E-state index contributed by atoms with van der Waals surface area (Å²) in [5, 5.41) is 11.8. The zero-order valence-electron chi connectivity index (χ0n) is 14.9. The van der Waals surface area contributed by atoms with Crippen LogP contribution >= 0.6 is 0 Å². The molecule has 148 valence electrons. The molecule has 3 rings (SSSR count). The van der Waals surface area contributed by atoms with Gasteiger partial charge in [-0.2, -0.15) is 18.2 Å². The first-order valence-corrected chi connectivity index (χ1v) is 8.58. The first-order valence-electron chi connectivity index (χ1n) is 8.58. The van der Waals surface area contributed by atoms with Crippen molar-refractivity contribution >= 4 is 6.03 Å². The molecule has 3 heterocycles. The number of nitrogens with zero attached hydrogens (tertiary/aromatic N) is 5. The van der Waals surface area contributed by atoms with Crippen molar-refractivity contribution in [3.63, 3.8) is 0 Å². The van der Waals surface area contributed by atoms with Gasteiger partial charge in [0.1, 0.15) is 5.82 Å². The van der Waals surface area contributed by atoms with Crippen molar-refractivity contribution < 1.29 is 22.5 Å². The van der Waals surface area contributed by atoms with E-state index in [9.17, 15) is 18.0 Å². The first kappa shape index (κ1) is 19.1. The normalized spacial score (nSPS) is 16.1. The molecule has 27 heavy (non-hydrogen) atoms. The fourth-order valence-electron chi connectivity index (χ4n) is 2.76. The van der Waals surface area contributed by atoms with Gasteiger partial charge in [0, 0.05) is 24.9 Å². The van der Waals surface area contributed by atoms with Crippen LogP contribution in [0, 0.1) is 0 Å². The maximum Gasteiger partial charge on any atom is 0.453 e. The molecule has 0 aliphatic carbocycles. The number of carbonyl (C=O) groups excluding carboxylic acids is 1. The van der Waals surface area contributed by atoms with E-state index >= 15 is 0 Å². The minimum Gasteiger partial charge on any atom is -0.339 e. The van der Waals surface area contributed by atoms with Crippen LogP contribution < -0.4 is 5.32 Å². The Kier molecular flexibility index (Phi) is 5.33. The van der Waals surface area contributed by atoms with Crippen molar-refractivity contribution in [2.45, 2.75) is 51.2 Å². The molecule has 0 unspecified atom stereocenters. The summed E-state index contributed by atoms with van der Waals surface area (Å²) in [5.41, 5.74) is 0. The van der Waals surface area contributed by atoms with Gasteiger partial charge < -0.3 is 14.7 Å². The molecule has 2 N–H and O–H groups in total. The number of aromatic amines is 1. The summed E-state index contributed by atoms with van der Waals surface area (Å²) in [5.74, 6) is 0.211. The number of hydrogen-bond acceptors (Lipinski definition) is 6. The Morgan fingerprint density at radius 2 is 2.04 bits per heavy atom. The van der Waals surface area contributed by atoms with Crippen molar-refractivity contribution in [3.8, 4) is 0 Å². The number of likely N-dealkylation sites (tertiary alicyclic amines) is 1. The number of rotatable bonds is 4. The van der Waals surface area contributed by atoms with Crippen molar-refractivity contribution in [3.05, 3.63) is 23.4 Å². The fourth-order valence-corrected chi connectivity index (χ4v) is 2.76. The second-order valence-electron chi connectivity index (χ2n) is 6.67. The Morgan fingerprint density at radius 3 is 2.59 bits per heavy atom. The van der Waals surface area contributed by atoms with Crippen LogP contribution in [0.4, 0.5) is 18.0 Å². The third-order valence-electron chi connectivity index (χ3n) is 4.29. The first-order chi connectivity index (χ1) is 12.7. The standard InChI is InChI=1S/C15H20F3N7O2/c1-8(2)12-21-11(24-27-12)9-3-5-25(6-4-9)14(26)19-7-10-20-13(23-22-10)15(16,17)18/h8-9H,3-7H2,1-2H3,(H,19,26)(H,20,22,23). The van der Waals surface area contributed by atoms with E-state index in [1.54, 1.807) is 4.90 Å². The minimum absolute atomic E-state index is 0.0569. The van der Waals surface area contributed by atoms with Gasteiger partial charge in [-0.3, -0.25) is 5.10 Å². The molecule has 9 nitrogen and oxygen atoms in total. The lowest BCUT2D eigenvalue weighted by molar-refractivity contribution is -0.144. The van der Waals surface area contributed by atoms with E-state index in [0.717, 1.165) is 0 Å². The second kappa shape index (κ2) is 7.53. The lowest BCUT2D eigenvalue weighted by atomic mass is 9.96. The molecule has 0 aromatic carbocycles. The third-order valence-corrected chi connectivity index (χ3v) is 4.29. The van der Waals surface area contributed by atoms with Gasteiger partial charge >= 0.3 is 12.2 Å². The lowest BCUT2D eigenvalue weighted by Crippen LogP contribution is -2.44. The Hall–Kier alpha value is -2.66. The molecule has 2 aromatic rings. The second-order valence-corrected chi connectivity index (χ2v) is 6.67. The number of piperidine rings is 1. The van der Waals surface area contributed by atoms with E-state index in [1.807, 2.05) is 13.8 Å². The molecule has 0 atom stereocenters. The van der Waals surface area contributed by atoms with E-state index < -0.39 is 12.0 Å². The summed E-state index contributed by atoms with van der Waals surface area (Å²) in [6, 6.07) is -0.366. The van der Waals surface area contributed by atoms with Crippen molar-refractivity contribution in [2.24, 2.45) is 0 Å². The van der Waals surface area contributed by atoms with Gasteiger partial charge in [-0.25, -0.2) is 9.78 Å². The van der Waals surface area contributed by atoms with Crippen LogP contribution in [0.5, 0.6) is 0 Å². The van der Waals surface area contributed by atoms with Gasteiger partial charge in [0.25, 0.3) is 5.82 Å². The molecule has 0 bridgehead atoms. The molecule has 1 fully saturated rings. The molecule has 0 spiro atoms. The Labute approximate surface area is 152 Å². The molecule has 1 aliphatic rings. The van der Waals surface area contributed by atoms with E-state index in [1.165, 1.54) is 0 Å². The summed E-state index contributed by atoms with van der Waals surface area (Å²) in [6.45, 7) is 4.76. The summed E-state index contributed by atoms with van der Waals surface area (Å²) < 4.78 is 42.6. The highest BCUT2D eigenvalue weighted by molar-refractivity contribution is 5.74. The predicted molar refractivity (Wildman–Crippen MR) is 85.6 cm³/mol. The highest BCUT2D eigenvalue weighted by atomic mass is 19.4. The summed E-state index contributed by atoms with van der Waals surface area (Å²) in [4.78, 5) is 21.5. The summed E-state index contributed by atoms with van der Waals surface area (Å²) in [7, 11) is 0. The quantitative estimate of drug-likeness (QED) is 0.833. The molecule has 12 heteroatoms. The zero-order chi connectivity index (χ0) is 19.6. The monoisotopic (exact) mass is 387 g/mol. The lowest BCUT2D eigenvalue weighted by Gasteiger charge is -2.30. The number of carbonyl (C=O) groups is 1. The van der Waals surface area contributed by atoms with Gasteiger partial charge in [0.05, 0.1) is 6.54 Å². The number of alkyl halides is 3. The average Bonchev–Trinajstić information content (AvgIpc) is 3.29. The topological polar surface area (TPSA) is 113 Å². The molecular weight excluding hydrogens is 367 g/mol. The Balaban J connectivity index is 1.47. The Bertz CT molecular complexity index is 778. The van der Waals surface area contributed by atoms with Crippen LogP contribution in [0.25, 0.3) is 0 Å². The number of urea groups is 1. The maximum atomic E-state index is 12.5. The van der Waals surface area contributed by atoms with Gasteiger partial charge in [0.15, 0.2) is 5.82 Å². The maximum absolute atomic E-state index is 12.5. The highest BCUT2D eigenvalue weighted by Gasteiger charge is 2.36. The predicted octanol–water partition coefficient (Wildman–Crippen LogP) is 2.42. The molecule has 2 amide bonds. The SMILES string of the molecule is CC(C)c1nc(C2CCN(C(=O)NCc3nc(C(F)(F)F)n[nH]3)CC2)no1. The van der Waals surface area contributed by atoms with Crippen LogP contribution in [-0.4, -0.2) is 49.3 Å². The van der Waals surface area contributed by atoms with Gasteiger partial charge in [-0.05, 0) is 12.8 Å². The largest absolute Gasteiger partial charge is 0.453 e. The molecule has 0 radical (unpaired) electrons. The van der Waals surface area contributed by atoms with E-state index in [2.05, 4.69) is 30.6 Å². The van der Waals surface area contributed by atoms with Crippen LogP contribution in [-0.2, 0) is 12.7 Å².